The van der Waals surface area contributed by atoms with Crippen LogP contribution in [0, 0.1) is 12.3 Å². The summed E-state index contributed by atoms with van der Waals surface area (Å²) in [6.07, 6.45) is 5.50. The van der Waals surface area contributed by atoms with Gasteiger partial charge in [-0.3, -0.25) is 4.79 Å². The van der Waals surface area contributed by atoms with E-state index < -0.39 is 12.0 Å². The maximum Gasteiger partial charge on any atom is 0.320 e. The number of terminal acetylenes is 1. The van der Waals surface area contributed by atoms with Crippen molar-refractivity contribution in [3.63, 3.8) is 0 Å². The van der Waals surface area contributed by atoms with Crippen molar-refractivity contribution < 1.29 is 9.90 Å². The zero-order valence-electron chi connectivity index (χ0n) is 8.72. The highest BCUT2D eigenvalue weighted by atomic mass is 32.2. The predicted octanol–water partition coefficient (Wildman–Crippen LogP) is 1.37. The molecule has 0 aliphatic heterocycles. The molecular formula is C12H13NO2S. The molecule has 4 heteroatoms. The first-order chi connectivity index (χ1) is 7.63. The van der Waals surface area contributed by atoms with E-state index in [4.69, 9.17) is 17.3 Å². The number of carboxylic acid groups (broad SMARTS) is 1. The Bertz CT molecular complexity index is 394. The molecule has 0 aromatic heterocycles. The van der Waals surface area contributed by atoms with E-state index >= 15 is 0 Å². The Morgan fingerprint density at radius 2 is 2.12 bits per heavy atom. The fourth-order valence-corrected chi connectivity index (χ4v) is 1.77. The van der Waals surface area contributed by atoms with E-state index in [1.807, 2.05) is 24.3 Å². The second-order valence-corrected chi connectivity index (χ2v) is 4.33. The average Bonchev–Trinajstić information content (AvgIpc) is 2.28. The minimum Gasteiger partial charge on any atom is -0.480 e. The molecule has 16 heavy (non-hydrogen) atoms. The average molecular weight is 235 g/mol. The molecule has 0 heterocycles. The first-order valence-electron chi connectivity index (χ1n) is 4.77. The third kappa shape index (κ3) is 3.97. The van der Waals surface area contributed by atoms with E-state index in [9.17, 15) is 4.79 Å². The number of carbonyl (C=O) groups is 1. The van der Waals surface area contributed by atoms with E-state index in [0.29, 0.717) is 12.2 Å². The van der Waals surface area contributed by atoms with Crippen molar-refractivity contribution in [1.29, 1.82) is 0 Å². The molecule has 1 atom stereocenters. The number of carboxylic acids is 1. The Kier molecular flexibility index (Phi) is 4.90. The van der Waals surface area contributed by atoms with E-state index in [1.165, 1.54) is 0 Å². The molecule has 0 saturated carbocycles. The summed E-state index contributed by atoms with van der Waals surface area (Å²) in [6, 6.07) is 6.76. The lowest BCUT2D eigenvalue weighted by atomic mass is 10.1. The van der Waals surface area contributed by atoms with Gasteiger partial charge in [0.25, 0.3) is 0 Å². The van der Waals surface area contributed by atoms with Crippen molar-refractivity contribution in [2.75, 3.05) is 5.75 Å². The van der Waals surface area contributed by atoms with Gasteiger partial charge in [0.1, 0.15) is 6.04 Å². The molecule has 0 spiro atoms. The lowest BCUT2D eigenvalue weighted by Gasteiger charge is -2.06. The number of aliphatic carboxylic acids is 1. The summed E-state index contributed by atoms with van der Waals surface area (Å²) in [5, 5.41) is 8.66. The molecule has 1 aromatic rings. The predicted molar refractivity (Wildman–Crippen MR) is 65.3 cm³/mol. The lowest BCUT2D eigenvalue weighted by Crippen LogP contribution is -2.32. The maximum atomic E-state index is 10.6. The van der Waals surface area contributed by atoms with Gasteiger partial charge in [0.2, 0.25) is 0 Å². The van der Waals surface area contributed by atoms with Gasteiger partial charge in [-0.25, -0.2) is 0 Å². The summed E-state index contributed by atoms with van der Waals surface area (Å²) >= 11 is 1.57. The van der Waals surface area contributed by atoms with E-state index in [-0.39, 0.29) is 0 Å². The summed E-state index contributed by atoms with van der Waals surface area (Å²) < 4.78 is 0. The van der Waals surface area contributed by atoms with Crippen molar-refractivity contribution in [1.82, 2.24) is 0 Å². The van der Waals surface area contributed by atoms with Crippen LogP contribution in [0.25, 0.3) is 0 Å². The minimum absolute atomic E-state index is 0.343. The normalized spacial score (nSPS) is 11.8. The first kappa shape index (κ1) is 12.6. The van der Waals surface area contributed by atoms with Gasteiger partial charge in [0.05, 0.1) is 5.75 Å². The fraction of sp³-hybridized carbons (Fsp3) is 0.250. The molecule has 1 aromatic carbocycles. The van der Waals surface area contributed by atoms with Crippen LogP contribution in [0.2, 0.25) is 0 Å². The van der Waals surface area contributed by atoms with Crippen LogP contribution in [-0.4, -0.2) is 22.9 Å². The molecule has 3 N–H and O–H groups in total. The third-order valence-electron chi connectivity index (χ3n) is 2.02. The Hall–Kier alpha value is -1.44. The molecule has 0 aliphatic rings. The Morgan fingerprint density at radius 1 is 1.50 bits per heavy atom. The summed E-state index contributed by atoms with van der Waals surface area (Å²) in [5.74, 6) is 2.20. The summed E-state index contributed by atoms with van der Waals surface area (Å²) in [5.41, 5.74) is 6.35. The molecule has 0 aliphatic carbocycles. The molecule has 0 fully saturated rings. The second kappa shape index (κ2) is 6.21. The number of thioether (sulfide) groups is 1. The van der Waals surface area contributed by atoms with Crippen LogP contribution in [0.1, 0.15) is 5.56 Å². The molecule has 84 valence electrons. The highest BCUT2D eigenvalue weighted by molar-refractivity contribution is 7.99. The Balaban J connectivity index is 2.58. The monoisotopic (exact) mass is 235 g/mol. The number of nitrogens with two attached hydrogens (primary N) is 1. The number of benzene rings is 1. The minimum atomic E-state index is -0.981. The highest BCUT2D eigenvalue weighted by Gasteiger charge is 2.11. The van der Waals surface area contributed by atoms with E-state index in [1.54, 1.807) is 11.8 Å². The first-order valence-corrected chi connectivity index (χ1v) is 5.75. The van der Waals surface area contributed by atoms with Crippen molar-refractivity contribution in [2.24, 2.45) is 5.73 Å². The van der Waals surface area contributed by atoms with Crippen molar-refractivity contribution >= 4 is 17.7 Å². The van der Waals surface area contributed by atoms with E-state index in [2.05, 4.69) is 5.92 Å². The SMILES string of the molecule is C#CCSc1ccc(C[C@H](N)C(=O)O)cc1. The molecule has 3 nitrogen and oxygen atoms in total. The summed E-state index contributed by atoms with van der Waals surface area (Å²) in [6.45, 7) is 0. The van der Waals surface area contributed by atoms with Gasteiger partial charge in [0, 0.05) is 4.90 Å². The number of rotatable bonds is 5. The van der Waals surface area contributed by atoms with Crippen LogP contribution in [0.3, 0.4) is 0 Å². The standard InChI is InChI=1S/C12H13NO2S/c1-2-7-16-10-5-3-9(4-6-10)8-11(13)12(14)15/h1,3-6,11H,7-8,13H2,(H,14,15)/t11-/m0/s1. The molecule has 0 unspecified atom stereocenters. The van der Waals surface area contributed by atoms with Gasteiger partial charge < -0.3 is 10.8 Å². The van der Waals surface area contributed by atoms with Gasteiger partial charge in [-0.1, -0.05) is 18.1 Å². The van der Waals surface area contributed by atoms with Crippen LogP contribution in [0.4, 0.5) is 0 Å². The van der Waals surface area contributed by atoms with Crippen LogP contribution in [-0.2, 0) is 11.2 Å². The molecule has 0 amide bonds. The van der Waals surface area contributed by atoms with Gasteiger partial charge >= 0.3 is 5.97 Å². The lowest BCUT2D eigenvalue weighted by molar-refractivity contribution is -0.138. The smallest absolute Gasteiger partial charge is 0.320 e. The zero-order valence-corrected chi connectivity index (χ0v) is 9.54. The van der Waals surface area contributed by atoms with Crippen LogP contribution < -0.4 is 5.73 Å². The van der Waals surface area contributed by atoms with Crippen LogP contribution in [0.5, 0.6) is 0 Å². The van der Waals surface area contributed by atoms with Crippen LogP contribution >= 0.6 is 11.8 Å². The third-order valence-corrected chi connectivity index (χ3v) is 2.93. The number of hydrogen-bond acceptors (Lipinski definition) is 3. The Morgan fingerprint density at radius 3 is 2.62 bits per heavy atom. The van der Waals surface area contributed by atoms with Crippen LogP contribution in [0.15, 0.2) is 29.2 Å². The van der Waals surface area contributed by atoms with Gasteiger partial charge in [-0.2, -0.15) is 0 Å². The molecule has 0 bridgehead atoms. The van der Waals surface area contributed by atoms with Crippen molar-refractivity contribution in [3.05, 3.63) is 29.8 Å². The maximum absolute atomic E-state index is 10.6. The molecule has 1 rings (SSSR count). The van der Waals surface area contributed by atoms with Crippen molar-refractivity contribution in [3.8, 4) is 12.3 Å². The topological polar surface area (TPSA) is 63.3 Å². The largest absolute Gasteiger partial charge is 0.480 e. The summed E-state index contributed by atoms with van der Waals surface area (Å²) in [4.78, 5) is 11.6. The second-order valence-electron chi connectivity index (χ2n) is 3.29. The highest BCUT2D eigenvalue weighted by Crippen LogP contribution is 2.18. The quantitative estimate of drug-likeness (QED) is 0.597. The van der Waals surface area contributed by atoms with Gasteiger partial charge in [-0.05, 0) is 24.1 Å². The van der Waals surface area contributed by atoms with Crippen molar-refractivity contribution in [2.45, 2.75) is 17.4 Å². The van der Waals surface area contributed by atoms with Gasteiger partial charge in [0.15, 0.2) is 0 Å². The Labute approximate surface area is 99.0 Å². The zero-order chi connectivity index (χ0) is 12.0. The van der Waals surface area contributed by atoms with E-state index in [0.717, 1.165) is 10.5 Å². The summed E-state index contributed by atoms with van der Waals surface area (Å²) in [7, 11) is 0. The molecular weight excluding hydrogens is 222 g/mol. The number of hydrogen-bond donors (Lipinski definition) is 2. The molecule has 0 saturated heterocycles. The molecule has 0 radical (unpaired) electrons. The van der Waals surface area contributed by atoms with Gasteiger partial charge in [-0.15, -0.1) is 18.2 Å². The fourth-order valence-electron chi connectivity index (χ4n) is 1.19.